The smallest absolute Gasteiger partial charge is 0.337 e. The van der Waals surface area contributed by atoms with Gasteiger partial charge in [-0.1, -0.05) is 19.8 Å². The maximum absolute atomic E-state index is 11.9. The summed E-state index contributed by atoms with van der Waals surface area (Å²) in [5, 5.41) is 9.61. The highest BCUT2D eigenvalue weighted by atomic mass is 16.6. The molecule has 112 valence electrons. The normalized spacial score (nSPS) is 24.2. The Balaban J connectivity index is 2.30. The van der Waals surface area contributed by atoms with Gasteiger partial charge in [-0.05, 0) is 45.4 Å². The van der Waals surface area contributed by atoms with Crippen LogP contribution >= 0.6 is 0 Å². The molecule has 0 heterocycles. The van der Waals surface area contributed by atoms with Crippen LogP contribution in [-0.4, -0.2) is 36.0 Å². The number of rotatable bonds is 7. The van der Waals surface area contributed by atoms with E-state index < -0.39 is 5.60 Å². The van der Waals surface area contributed by atoms with Gasteiger partial charge in [-0.25, -0.2) is 4.79 Å². The van der Waals surface area contributed by atoms with Crippen molar-refractivity contribution in [3.8, 4) is 0 Å². The minimum atomic E-state index is -0.893. The molecule has 1 aliphatic carbocycles. The monoisotopic (exact) mass is 272 g/mol. The first-order valence-corrected chi connectivity index (χ1v) is 7.45. The predicted molar refractivity (Wildman–Crippen MR) is 73.9 cm³/mol. The van der Waals surface area contributed by atoms with Crippen molar-refractivity contribution >= 4 is 5.97 Å². The Kier molecular flexibility index (Phi) is 6.80. The lowest BCUT2D eigenvalue weighted by Crippen LogP contribution is -2.39. The van der Waals surface area contributed by atoms with Gasteiger partial charge in [0, 0.05) is 0 Å². The van der Waals surface area contributed by atoms with Crippen molar-refractivity contribution in [2.75, 3.05) is 13.2 Å². The zero-order chi connectivity index (χ0) is 14.3. The second kappa shape index (κ2) is 7.85. The molecular formula is C15H28O4. The van der Waals surface area contributed by atoms with Crippen molar-refractivity contribution in [2.24, 2.45) is 5.92 Å². The highest BCUT2D eigenvalue weighted by Gasteiger charge is 2.32. The fraction of sp³-hybridized carbons (Fsp3) is 0.933. The molecule has 4 heteroatoms. The van der Waals surface area contributed by atoms with Crippen LogP contribution < -0.4 is 0 Å². The van der Waals surface area contributed by atoms with Crippen molar-refractivity contribution in [1.29, 1.82) is 0 Å². The van der Waals surface area contributed by atoms with Crippen molar-refractivity contribution in [1.82, 2.24) is 0 Å². The summed E-state index contributed by atoms with van der Waals surface area (Å²) in [7, 11) is 0. The van der Waals surface area contributed by atoms with Crippen LogP contribution in [0.3, 0.4) is 0 Å². The average Bonchev–Trinajstić information content (AvgIpc) is 2.37. The molecule has 1 N–H and O–H groups in total. The van der Waals surface area contributed by atoms with Crippen LogP contribution in [-0.2, 0) is 14.3 Å². The second-order valence-corrected chi connectivity index (χ2v) is 6.00. The minimum absolute atomic E-state index is 0.207. The number of unbranched alkanes of at least 4 members (excludes halogenated alkanes) is 1. The lowest BCUT2D eigenvalue weighted by Gasteiger charge is -2.29. The molecular weight excluding hydrogens is 244 g/mol. The summed E-state index contributed by atoms with van der Waals surface area (Å²) in [5.74, 6) is 0.0591. The zero-order valence-electron chi connectivity index (χ0n) is 12.5. The van der Waals surface area contributed by atoms with Crippen molar-refractivity contribution in [3.63, 3.8) is 0 Å². The van der Waals surface area contributed by atoms with Gasteiger partial charge in [0.05, 0.1) is 19.3 Å². The largest absolute Gasteiger partial charge is 0.464 e. The first-order chi connectivity index (χ1) is 8.95. The molecule has 0 aromatic heterocycles. The first-order valence-electron chi connectivity index (χ1n) is 7.45. The van der Waals surface area contributed by atoms with Gasteiger partial charge in [0.2, 0.25) is 0 Å². The van der Waals surface area contributed by atoms with Gasteiger partial charge in [-0.15, -0.1) is 0 Å². The van der Waals surface area contributed by atoms with E-state index in [1.54, 1.807) is 13.8 Å². The number of ether oxygens (including phenoxy) is 2. The van der Waals surface area contributed by atoms with Crippen LogP contribution in [0.15, 0.2) is 0 Å². The summed E-state index contributed by atoms with van der Waals surface area (Å²) < 4.78 is 10.9. The summed E-state index contributed by atoms with van der Waals surface area (Å²) in [6.45, 7) is 6.54. The Morgan fingerprint density at radius 2 is 2.11 bits per heavy atom. The van der Waals surface area contributed by atoms with Gasteiger partial charge >= 0.3 is 5.97 Å². The summed E-state index contributed by atoms with van der Waals surface area (Å²) >= 11 is 0. The summed E-state index contributed by atoms with van der Waals surface area (Å²) in [4.78, 5) is 11.9. The summed E-state index contributed by atoms with van der Waals surface area (Å²) in [6, 6.07) is 0. The van der Waals surface area contributed by atoms with Crippen LogP contribution in [0.1, 0.15) is 59.3 Å². The third-order valence-electron chi connectivity index (χ3n) is 3.66. The van der Waals surface area contributed by atoms with E-state index in [-0.39, 0.29) is 12.1 Å². The molecule has 1 fully saturated rings. The van der Waals surface area contributed by atoms with E-state index in [9.17, 15) is 9.90 Å². The van der Waals surface area contributed by atoms with Crippen LogP contribution in [0.4, 0.5) is 0 Å². The molecule has 0 saturated heterocycles. The Hall–Kier alpha value is -0.610. The van der Waals surface area contributed by atoms with E-state index in [2.05, 4.69) is 6.92 Å². The van der Waals surface area contributed by atoms with Crippen molar-refractivity contribution in [3.05, 3.63) is 0 Å². The maximum atomic E-state index is 11.9. The minimum Gasteiger partial charge on any atom is -0.464 e. The van der Waals surface area contributed by atoms with Gasteiger partial charge in [-0.2, -0.15) is 0 Å². The summed E-state index contributed by atoms with van der Waals surface area (Å²) in [6.07, 6.45) is 5.46. The Bertz CT molecular complexity index is 275. The van der Waals surface area contributed by atoms with Gasteiger partial charge in [0.1, 0.15) is 0 Å². The van der Waals surface area contributed by atoms with Gasteiger partial charge in [-0.3, -0.25) is 0 Å². The van der Waals surface area contributed by atoms with Gasteiger partial charge < -0.3 is 14.6 Å². The molecule has 0 aromatic rings. The molecule has 0 aliphatic heterocycles. The molecule has 0 radical (unpaired) electrons. The fourth-order valence-corrected chi connectivity index (χ4v) is 2.28. The quantitative estimate of drug-likeness (QED) is 0.572. The molecule has 0 bridgehead atoms. The van der Waals surface area contributed by atoms with Crippen molar-refractivity contribution < 1.29 is 19.4 Å². The van der Waals surface area contributed by atoms with Gasteiger partial charge in [0.25, 0.3) is 0 Å². The van der Waals surface area contributed by atoms with Crippen LogP contribution in [0, 0.1) is 5.92 Å². The third-order valence-corrected chi connectivity index (χ3v) is 3.66. The molecule has 1 aliphatic rings. The molecule has 0 aromatic carbocycles. The van der Waals surface area contributed by atoms with E-state index in [1.165, 1.54) is 0 Å². The number of hydrogen-bond acceptors (Lipinski definition) is 4. The maximum Gasteiger partial charge on any atom is 0.337 e. The van der Waals surface area contributed by atoms with Crippen LogP contribution in [0.5, 0.6) is 0 Å². The molecule has 1 saturated carbocycles. The van der Waals surface area contributed by atoms with Crippen molar-refractivity contribution in [2.45, 2.75) is 71.0 Å². The predicted octanol–water partition coefficient (Wildman–Crippen LogP) is 2.68. The Morgan fingerprint density at radius 3 is 2.74 bits per heavy atom. The Labute approximate surface area is 116 Å². The number of esters is 1. The molecule has 19 heavy (non-hydrogen) atoms. The molecule has 0 amide bonds. The topological polar surface area (TPSA) is 55.8 Å². The van der Waals surface area contributed by atoms with Gasteiger partial charge in [0.15, 0.2) is 5.60 Å². The highest BCUT2D eigenvalue weighted by molar-refractivity contribution is 5.78. The van der Waals surface area contributed by atoms with Crippen LogP contribution in [0.25, 0.3) is 0 Å². The van der Waals surface area contributed by atoms with E-state index in [4.69, 9.17) is 9.47 Å². The van der Waals surface area contributed by atoms with E-state index in [1.807, 2.05) is 0 Å². The lowest BCUT2D eigenvalue weighted by molar-refractivity contribution is -0.170. The second-order valence-electron chi connectivity index (χ2n) is 6.00. The average molecular weight is 272 g/mol. The summed E-state index contributed by atoms with van der Waals surface area (Å²) in [5.41, 5.74) is -0.893. The van der Waals surface area contributed by atoms with E-state index in [0.29, 0.717) is 19.1 Å². The third kappa shape index (κ3) is 5.91. The lowest BCUT2D eigenvalue weighted by atomic mass is 9.88. The number of aliphatic hydroxyl groups is 1. The first kappa shape index (κ1) is 16.4. The number of carbonyl (C=O) groups excluding carboxylic acids is 1. The number of carbonyl (C=O) groups is 1. The zero-order valence-corrected chi connectivity index (χ0v) is 12.5. The fourth-order valence-electron chi connectivity index (χ4n) is 2.28. The molecule has 1 rings (SSSR count). The molecule has 2 atom stereocenters. The van der Waals surface area contributed by atoms with Crippen LogP contribution in [0.2, 0.25) is 0 Å². The SMILES string of the molecule is CCCCOC(=O)C(C)(C)OC[C@H]1CCC[C@@H](O)C1. The Morgan fingerprint density at radius 1 is 1.37 bits per heavy atom. The number of hydrogen-bond donors (Lipinski definition) is 1. The van der Waals surface area contributed by atoms with E-state index in [0.717, 1.165) is 38.5 Å². The molecule has 4 nitrogen and oxygen atoms in total. The standard InChI is InChI=1S/C15H28O4/c1-4-5-9-18-14(17)15(2,3)19-11-12-7-6-8-13(16)10-12/h12-13,16H,4-11H2,1-3H3/t12-,13+/m0/s1. The molecule has 0 spiro atoms. The highest BCUT2D eigenvalue weighted by Crippen LogP contribution is 2.26. The molecule has 0 unspecified atom stereocenters. The van der Waals surface area contributed by atoms with E-state index >= 15 is 0 Å². The number of aliphatic hydroxyl groups excluding tert-OH is 1.